The van der Waals surface area contributed by atoms with Gasteiger partial charge in [-0.25, -0.2) is 4.79 Å². The second kappa shape index (κ2) is 4.63. The molecular formula is C10H14N4O4. The van der Waals surface area contributed by atoms with E-state index in [1.165, 1.54) is 7.11 Å². The Kier molecular flexibility index (Phi) is 3.17. The van der Waals surface area contributed by atoms with Crippen LogP contribution in [0.3, 0.4) is 0 Å². The number of carbonyl (C=O) groups is 1. The molecule has 1 spiro atoms. The molecule has 2 heterocycles. The molecule has 1 atom stereocenters. The highest BCUT2D eigenvalue weighted by Gasteiger charge is 2.44. The third-order valence-corrected chi connectivity index (χ3v) is 3.14. The molecule has 0 aliphatic carbocycles. The number of hydrogen-bond donors (Lipinski definition) is 2. The number of hydrogen-bond acceptors (Lipinski definition) is 7. The number of nitrogens with one attached hydrogen (secondary N) is 2. The van der Waals surface area contributed by atoms with Gasteiger partial charge in [0.2, 0.25) is 0 Å². The van der Waals surface area contributed by atoms with E-state index in [2.05, 4.69) is 20.6 Å². The lowest BCUT2D eigenvalue weighted by atomic mass is 9.83. The molecule has 0 amide bonds. The molecular weight excluding hydrogens is 240 g/mol. The average Bonchev–Trinajstić information content (AvgIpc) is 2.76. The number of carbonyl (C=O) groups excluding carboxylic acids is 1. The van der Waals surface area contributed by atoms with E-state index in [1.54, 1.807) is 0 Å². The Balaban J connectivity index is 2.21. The van der Waals surface area contributed by atoms with E-state index >= 15 is 0 Å². The van der Waals surface area contributed by atoms with Crippen molar-refractivity contribution in [3.05, 3.63) is 22.0 Å². The summed E-state index contributed by atoms with van der Waals surface area (Å²) in [6.07, 6.45) is 2.77. The number of esters is 1. The number of hydrazone groups is 1. The van der Waals surface area contributed by atoms with Gasteiger partial charge in [0.1, 0.15) is 16.9 Å². The fraction of sp³-hybridized carbons (Fsp3) is 0.600. The summed E-state index contributed by atoms with van der Waals surface area (Å²) in [7, 11) is 1.28. The van der Waals surface area contributed by atoms with Crippen LogP contribution in [0.25, 0.3) is 0 Å². The summed E-state index contributed by atoms with van der Waals surface area (Å²) in [6.45, 7) is 0.677. The highest BCUT2D eigenvalue weighted by molar-refractivity contribution is 6.37. The molecule has 0 aromatic rings. The molecule has 98 valence electrons. The fourth-order valence-corrected chi connectivity index (χ4v) is 2.27. The van der Waals surface area contributed by atoms with E-state index in [-0.39, 0.29) is 5.71 Å². The van der Waals surface area contributed by atoms with Crippen molar-refractivity contribution in [2.24, 2.45) is 5.10 Å². The summed E-state index contributed by atoms with van der Waals surface area (Å²) in [4.78, 5) is 21.5. The SMILES string of the molecule is COC(=O)C1=NNC2(CCCN/C2=C\[N+](=O)[O-])C1. The number of rotatable bonds is 2. The lowest BCUT2D eigenvalue weighted by Crippen LogP contribution is -2.50. The summed E-state index contributed by atoms with van der Waals surface area (Å²) >= 11 is 0. The molecule has 18 heavy (non-hydrogen) atoms. The maximum atomic E-state index is 11.4. The number of nitrogens with zero attached hydrogens (tertiary/aromatic N) is 2. The third kappa shape index (κ3) is 2.13. The van der Waals surface area contributed by atoms with Gasteiger partial charge in [-0.1, -0.05) is 0 Å². The van der Waals surface area contributed by atoms with E-state index in [4.69, 9.17) is 0 Å². The van der Waals surface area contributed by atoms with Gasteiger partial charge < -0.3 is 10.1 Å². The number of nitro groups is 1. The fourth-order valence-electron chi connectivity index (χ4n) is 2.27. The first kappa shape index (κ1) is 12.3. The summed E-state index contributed by atoms with van der Waals surface area (Å²) in [6, 6.07) is 0. The van der Waals surface area contributed by atoms with Crippen LogP contribution in [0, 0.1) is 10.1 Å². The van der Waals surface area contributed by atoms with Crippen molar-refractivity contribution in [1.82, 2.24) is 10.7 Å². The molecule has 0 radical (unpaired) electrons. The van der Waals surface area contributed by atoms with Gasteiger partial charge in [0.25, 0.3) is 6.20 Å². The van der Waals surface area contributed by atoms with Crippen molar-refractivity contribution < 1.29 is 14.5 Å². The summed E-state index contributed by atoms with van der Waals surface area (Å²) in [5, 5.41) is 17.5. The molecule has 0 aromatic carbocycles. The van der Waals surface area contributed by atoms with E-state index < -0.39 is 16.4 Å². The van der Waals surface area contributed by atoms with E-state index in [0.717, 1.165) is 12.6 Å². The van der Waals surface area contributed by atoms with E-state index in [9.17, 15) is 14.9 Å². The zero-order valence-corrected chi connectivity index (χ0v) is 9.93. The van der Waals surface area contributed by atoms with Crippen LogP contribution < -0.4 is 10.7 Å². The van der Waals surface area contributed by atoms with Gasteiger partial charge in [0.05, 0.1) is 12.0 Å². The second-order valence-corrected chi connectivity index (χ2v) is 4.28. The lowest BCUT2D eigenvalue weighted by molar-refractivity contribution is -0.404. The number of methoxy groups -OCH3 is 1. The van der Waals surface area contributed by atoms with Crippen LogP contribution in [-0.2, 0) is 9.53 Å². The van der Waals surface area contributed by atoms with Crippen molar-refractivity contribution in [2.75, 3.05) is 13.7 Å². The van der Waals surface area contributed by atoms with E-state index in [0.29, 0.717) is 25.1 Å². The van der Waals surface area contributed by atoms with Gasteiger partial charge in [0.15, 0.2) is 0 Å². The lowest BCUT2D eigenvalue weighted by Gasteiger charge is -2.34. The molecule has 8 heteroatoms. The summed E-state index contributed by atoms with van der Waals surface area (Å²) in [5.41, 5.74) is 2.89. The predicted molar refractivity (Wildman–Crippen MR) is 62.2 cm³/mol. The van der Waals surface area contributed by atoms with Crippen LogP contribution in [0.2, 0.25) is 0 Å². The standard InChI is InChI=1S/C10H14N4O4/c1-18-9(15)7-5-10(13-12-7)3-2-4-11-8(10)6-14(16)17/h6,11,13H,2-5H2,1H3/b8-6-. The smallest absolute Gasteiger partial charge is 0.354 e. The molecule has 1 unspecified atom stereocenters. The maximum Gasteiger partial charge on any atom is 0.354 e. The van der Waals surface area contributed by atoms with Gasteiger partial charge in [0, 0.05) is 13.0 Å². The summed E-state index contributed by atoms with van der Waals surface area (Å²) < 4.78 is 4.60. The Morgan fingerprint density at radius 3 is 3.11 bits per heavy atom. The van der Waals surface area contributed by atoms with Gasteiger partial charge >= 0.3 is 5.97 Å². The molecule has 0 saturated carbocycles. The first-order valence-electron chi connectivity index (χ1n) is 5.59. The van der Waals surface area contributed by atoms with Crippen molar-refractivity contribution in [3.63, 3.8) is 0 Å². The van der Waals surface area contributed by atoms with Crippen LogP contribution in [0.4, 0.5) is 0 Å². The van der Waals surface area contributed by atoms with Crippen LogP contribution in [0.1, 0.15) is 19.3 Å². The Morgan fingerprint density at radius 2 is 2.44 bits per heavy atom. The Hall–Kier alpha value is -2.12. The Labute approximate surface area is 103 Å². The quantitative estimate of drug-likeness (QED) is 0.400. The van der Waals surface area contributed by atoms with Crippen LogP contribution in [0.5, 0.6) is 0 Å². The second-order valence-electron chi connectivity index (χ2n) is 4.28. The Morgan fingerprint density at radius 1 is 1.67 bits per heavy atom. The zero-order valence-electron chi connectivity index (χ0n) is 9.93. The normalized spacial score (nSPS) is 28.5. The molecule has 1 saturated heterocycles. The van der Waals surface area contributed by atoms with Crippen LogP contribution in [-0.4, -0.2) is 35.8 Å². The monoisotopic (exact) mass is 254 g/mol. The number of piperidine rings is 1. The topological polar surface area (TPSA) is 106 Å². The first-order valence-corrected chi connectivity index (χ1v) is 5.59. The predicted octanol–water partition coefficient (Wildman–Crippen LogP) is -0.251. The van der Waals surface area contributed by atoms with Crippen molar-refractivity contribution in [2.45, 2.75) is 24.8 Å². The van der Waals surface area contributed by atoms with Crippen molar-refractivity contribution in [3.8, 4) is 0 Å². The largest absolute Gasteiger partial charge is 0.464 e. The van der Waals surface area contributed by atoms with Gasteiger partial charge in [-0.05, 0) is 12.8 Å². The maximum absolute atomic E-state index is 11.4. The molecule has 8 nitrogen and oxygen atoms in total. The minimum atomic E-state index is -0.672. The van der Waals surface area contributed by atoms with Crippen LogP contribution >= 0.6 is 0 Å². The number of ether oxygens (including phenoxy) is 1. The molecule has 2 rings (SSSR count). The molecule has 2 aliphatic heterocycles. The highest BCUT2D eigenvalue weighted by atomic mass is 16.6. The molecule has 1 fully saturated rings. The Bertz CT molecular complexity index is 445. The van der Waals surface area contributed by atoms with Crippen LogP contribution in [0.15, 0.2) is 17.0 Å². The van der Waals surface area contributed by atoms with E-state index in [1.807, 2.05) is 0 Å². The molecule has 2 aliphatic rings. The molecule has 0 bridgehead atoms. The zero-order chi connectivity index (χ0) is 13.2. The van der Waals surface area contributed by atoms with Gasteiger partial charge in [-0.15, -0.1) is 0 Å². The van der Waals surface area contributed by atoms with Gasteiger partial charge in [-0.2, -0.15) is 5.10 Å². The highest BCUT2D eigenvalue weighted by Crippen LogP contribution is 2.32. The third-order valence-electron chi connectivity index (χ3n) is 3.14. The van der Waals surface area contributed by atoms with Crippen molar-refractivity contribution >= 4 is 11.7 Å². The average molecular weight is 254 g/mol. The molecule has 0 aromatic heterocycles. The minimum Gasteiger partial charge on any atom is -0.464 e. The minimum absolute atomic E-state index is 0.260. The molecule has 2 N–H and O–H groups in total. The van der Waals surface area contributed by atoms with Gasteiger partial charge in [-0.3, -0.25) is 15.5 Å². The first-order chi connectivity index (χ1) is 8.57. The van der Waals surface area contributed by atoms with Crippen molar-refractivity contribution in [1.29, 1.82) is 0 Å². The summed E-state index contributed by atoms with van der Waals surface area (Å²) in [5.74, 6) is -0.509.